The van der Waals surface area contributed by atoms with Gasteiger partial charge in [0.25, 0.3) is 0 Å². The van der Waals surface area contributed by atoms with Gasteiger partial charge in [0.2, 0.25) is 5.91 Å². The van der Waals surface area contributed by atoms with Crippen LogP contribution in [0.3, 0.4) is 0 Å². The van der Waals surface area contributed by atoms with Gasteiger partial charge in [0.1, 0.15) is 0 Å². The molecule has 1 fully saturated rings. The fraction of sp³-hybridized carbons (Fsp3) is 0.765. The van der Waals surface area contributed by atoms with Crippen LogP contribution in [-0.2, 0) is 17.8 Å². The lowest BCUT2D eigenvalue weighted by atomic mass is 10.1. The maximum Gasteiger partial charge on any atom is 0.222 e. The van der Waals surface area contributed by atoms with Crippen molar-refractivity contribution < 1.29 is 4.79 Å². The third-order valence-corrected chi connectivity index (χ3v) is 4.35. The molecule has 2 heterocycles. The van der Waals surface area contributed by atoms with E-state index in [1.807, 2.05) is 4.90 Å². The van der Waals surface area contributed by atoms with Gasteiger partial charge in [-0.2, -0.15) is 5.10 Å². The van der Waals surface area contributed by atoms with Crippen molar-refractivity contribution in [3.8, 4) is 0 Å². The Morgan fingerprint density at radius 3 is 2.70 bits per heavy atom. The van der Waals surface area contributed by atoms with Gasteiger partial charge in [-0.3, -0.25) is 9.48 Å². The van der Waals surface area contributed by atoms with Crippen molar-refractivity contribution in [1.29, 1.82) is 0 Å². The molecule has 0 spiro atoms. The van der Waals surface area contributed by atoms with Crippen LogP contribution in [0.25, 0.3) is 0 Å². The highest BCUT2D eigenvalue weighted by Gasteiger charge is 2.18. The topological polar surface area (TPSA) is 50.2 Å². The Hall–Kier alpha value is -1.07. The van der Waals surface area contributed by atoms with Crippen LogP contribution >= 0.6 is 12.4 Å². The molecule has 0 aromatic carbocycles. The first-order valence-electron chi connectivity index (χ1n) is 8.50. The lowest BCUT2D eigenvalue weighted by molar-refractivity contribution is -0.130. The molecule has 2 rings (SSSR count). The Labute approximate surface area is 146 Å². The number of nitrogens with zero attached hydrogens (tertiary/aromatic N) is 3. The fourth-order valence-electron chi connectivity index (χ4n) is 3.10. The van der Waals surface area contributed by atoms with Gasteiger partial charge in [-0.1, -0.05) is 13.8 Å². The van der Waals surface area contributed by atoms with Gasteiger partial charge < -0.3 is 10.2 Å². The minimum Gasteiger partial charge on any atom is -0.341 e. The van der Waals surface area contributed by atoms with Crippen molar-refractivity contribution in [2.45, 2.75) is 53.5 Å². The SMILES string of the molecule is Cc1nn(CC(C)C)c(C)c1CCC(=O)N1CCCNCC1.Cl. The van der Waals surface area contributed by atoms with E-state index in [9.17, 15) is 4.79 Å². The zero-order valence-corrected chi connectivity index (χ0v) is 15.7. The second kappa shape index (κ2) is 9.28. The second-order valence-corrected chi connectivity index (χ2v) is 6.71. The van der Waals surface area contributed by atoms with Gasteiger partial charge in [0.05, 0.1) is 5.69 Å². The van der Waals surface area contributed by atoms with Crippen LogP contribution in [0.5, 0.6) is 0 Å². The summed E-state index contributed by atoms with van der Waals surface area (Å²) >= 11 is 0. The van der Waals surface area contributed by atoms with E-state index in [1.54, 1.807) is 0 Å². The molecule has 0 bridgehead atoms. The summed E-state index contributed by atoms with van der Waals surface area (Å²) in [6, 6.07) is 0. The lowest BCUT2D eigenvalue weighted by Gasteiger charge is -2.19. The molecular weight excluding hydrogens is 312 g/mol. The first-order chi connectivity index (χ1) is 10.5. The Balaban J connectivity index is 0.00000264. The van der Waals surface area contributed by atoms with E-state index in [4.69, 9.17) is 0 Å². The quantitative estimate of drug-likeness (QED) is 0.893. The van der Waals surface area contributed by atoms with E-state index in [1.165, 1.54) is 11.3 Å². The number of nitrogens with one attached hydrogen (secondary N) is 1. The third-order valence-electron chi connectivity index (χ3n) is 4.35. The molecule has 23 heavy (non-hydrogen) atoms. The Morgan fingerprint density at radius 1 is 1.26 bits per heavy atom. The van der Waals surface area contributed by atoms with Gasteiger partial charge in [0, 0.05) is 38.3 Å². The van der Waals surface area contributed by atoms with Crippen LogP contribution in [0.4, 0.5) is 0 Å². The molecule has 1 amide bonds. The van der Waals surface area contributed by atoms with Crippen LogP contribution in [0.2, 0.25) is 0 Å². The Kier molecular flexibility index (Phi) is 8.06. The summed E-state index contributed by atoms with van der Waals surface area (Å²) < 4.78 is 2.09. The first-order valence-corrected chi connectivity index (χ1v) is 8.50. The summed E-state index contributed by atoms with van der Waals surface area (Å²) in [5.41, 5.74) is 3.54. The molecule has 1 aliphatic rings. The van der Waals surface area contributed by atoms with Crippen LogP contribution in [0, 0.1) is 19.8 Å². The molecule has 132 valence electrons. The van der Waals surface area contributed by atoms with Gasteiger partial charge >= 0.3 is 0 Å². The molecule has 1 aliphatic heterocycles. The number of halogens is 1. The Bertz CT molecular complexity index is 505. The average molecular weight is 343 g/mol. The number of carbonyl (C=O) groups is 1. The average Bonchev–Trinajstić information content (AvgIpc) is 2.67. The van der Waals surface area contributed by atoms with Gasteiger partial charge in [0.15, 0.2) is 0 Å². The molecule has 0 atom stereocenters. The van der Waals surface area contributed by atoms with E-state index in [0.29, 0.717) is 12.3 Å². The molecule has 0 unspecified atom stereocenters. The van der Waals surface area contributed by atoms with Crippen molar-refractivity contribution >= 4 is 18.3 Å². The molecule has 0 aliphatic carbocycles. The molecule has 1 N–H and O–H groups in total. The van der Waals surface area contributed by atoms with Crippen LogP contribution in [0.15, 0.2) is 0 Å². The Morgan fingerprint density at radius 2 is 2.00 bits per heavy atom. The smallest absolute Gasteiger partial charge is 0.222 e. The normalized spacial score (nSPS) is 15.4. The predicted molar refractivity (Wildman–Crippen MR) is 96.2 cm³/mol. The molecule has 0 radical (unpaired) electrons. The van der Waals surface area contributed by atoms with Crippen molar-refractivity contribution in [2.24, 2.45) is 5.92 Å². The van der Waals surface area contributed by atoms with Crippen LogP contribution in [0.1, 0.15) is 43.6 Å². The molecule has 5 nitrogen and oxygen atoms in total. The van der Waals surface area contributed by atoms with Crippen molar-refractivity contribution in [3.05, 3.63) is 17.0 Å². The zero-order chi connectivity index (χ0) is 16.1. The largest absolute Gasteiger partial charge is 0.341 e. The molecule has 6 heteroatoms. The maximum absolute atomic E-state index is 12.4. The minimum absolute atomic E-state index is 0. The monoisotopic (exact) mass is 342 g/mol. The lowest BCUT2D eigenvalue weighted by Crippen LogP contribution is -2.34. The van der Waals surface area contributed by atoms with E-state index in [-0.39, 0.29) is 18.3 Å². The number of hydrogen-bond donors (Lipinski definition) is 1. The second-order valence-electron chi connectivity index (χ2n) is 6.71. The number of amides is 1. The van der Waals surface area contributed by atoms with Gasteiger partial charge in [-0.25, -0.2) is 0 Å². The summed E-state index contributed by atoms with van der Waals surface area (Å²) in [6.45, 7) is 13.2. The summed E-state index contributed by atoms with van der Waals surface area (Å²) in [7, 11) is 0. The zero-order valence-electron chi connectivity index (χ0n) is 14.9. The maximum atomic E-state index is 12.4. The third kappa shape index (κ3) is 5.50. The van der Waals surface area contributed by atoms with Gasteiger partial charge in [-0.05, 0) is 44.7 Å². The summed E-state index contributed by atoms with van der Waals surface area (Å²) in [5, 5.41) is 7.98. The van der Waals surface area contributed by atoms with E-state index in [2.05, 4.69) is 42.8 Å². The van der Waals surface area contributed by atoms with Gasteiger partial charge in [-0.15, -0.1) is 12.4 Å². The summed E-state index contributed by atoms with van der Waals surface area (Å²) in [4.78, 5) is 14.4. The first kappa shape index (κ1) is 20.0. The number of aryl methyl sites for hydroxylation is 1. The number of carbonyl (C=O) groups excluding carboxylic acids is 1. The fourth-order valence-corrected chi connectivity index (χ4v) is 3.10. The van der Waals surface area contributed by atoms with Crippen LogP contribution in [-0.4, -0.2) is 46.8 Å². The van der Waals surface area contributed by atoms with E-state index in [0.717, 1.165) is 51.3 Å². The minimum atomic E-state index is 0. The van der Waals surface area contributed by atoms with Crippen LogP contribution < -0.4 is 5.32 Å². The highest BCUT2D eigenvalue weighted by Crippen LogP contribution is 2.17. The van der Waals surface area contributed by atoms with E-state index < -0.39 is 0 Å². The highest BCUT2D eigenvalue weighted by molar-refractivity contribution is 5.85. The number of rotatable bonds is 5. The molecule has 1 saturated heterocycles. The molecule has 1 aromatic heterocycles. The summed E-state index contributed by atoms with van der Waals surface area (Å²) in [5.74, 6) is 0.858. The highest BCUT2D eigenvalue weighted by atomic mass is 35.5. The van der Waals surface area contributed by atoms with Crippen molar-refractivity contribution in [2.75, 3.05) is 26.2 Å². The van der Waals surface area contributed by atoms with Crippen molar-refractivity contribution in [1.82, 2.24) is 20.0 Å². The number of aromatic nitrogens is 2. The van der Waals surface area contributed by atoms with Crippen molar-refractivity contribution in [3.63, 3.8) is 0 Å². The predicted octanol–water partition coefficient (Wildman–Crippen LogP) is 2.33. The number of hydrogen-bond acceptors (Lipinski definition) is 3. The summed E-state index contributed by atoms with van der Waals surface area (Å²) in [6.07, 6.45) is 2.45. The van der Waals surface area contributed by atoms with E-state index >= 15 is 0 Å². The molecule has 0 saturated carbocycles. The standard InChI is InChI=1S/C17H30N4O.ClH/c1-13(2)12-21-15(4)16(14(3)19-21)6-7-17(22)20-10-5-8-18-9-11-20;/h13,18H,5-12H2,1-4H3;1H. The molecular formula is C17H31ClN4O. The molecule has 1 aromatic rings.